The van der Waals surface area contributed by atoms with E-state index in [2.05, 4.69) is 50.1 Å². The number of hydrogen-bond donors (Lipinski definition) is 2. The van der Waals surface area contributed by atoms with Crippen molar-refractivity contribution in [2.45, 2.75) is 44.7 Å². The summed E-state index contributed by atoms with van der Waals surface area (Å²) in [5.41, 5.74) is 2.53. The number of alkyl halides is 1. The summed E-state index contributed by atoms with van der Waals surface area (Å²) in [5, 5.41) is 22.6. The third kappa shape index (κ3) is 6.82. The van der Waals surface area contributed by atoms with Crippen LogP contribution in [0.5, 0.6) is 11.5 Å². The average Bonchev–Trinajstić information content (AvgIpc) is 3.02. The van der Waals surface area contributed by atoms with Crippen LogP contribution in [0.4, 0.5) is 21.7 Å². The van der Waals surface area contributed by atoms with E-state index in [-0.39, 0.29) is 30.8 Å². The minimum absolute atomic E-state index is 0.182. The number of halogens is 1. The summed E-state index contributed by atoms with van der Waals surface area (Å²) in [6.45, 7) is 6.48. The minimum atomic E-state index is -1.47. The summed E-state index contributed by atoms with van der Waals surface area (Å²) in [7, 11) is 3.78. The van der Waals surface area contributed by atoms with E-state index in [1.165, 1.54) is 18.2 Å². The van der Waals surface area contributed by atoms with Crippen molar-refractivity contribution in [1.82, 2.24) is 24.8 Å². The van der Waals surface area contributed by atoms with E-state index in [1.807, 2.05) is 18.2 Å². The molecule has 5 rings (SSSR count). The van der Waals surface area contributed by atoms with Crippen LogP contribution in [0, 0.1) is 11.3 Å². The van der Waals surface area contributed by atoms with Gasteiger partial charge in [0.2, 0.25) is 5.95 Å². The highest BCUT2D eigenvalue weighted by molar-refractivity contribution is 5.80. The number of nitrogens with zero attached hydrogens (tertiary/aromatic N) is 7. The molecule has 1 aromatic heterocycles. The van der Waals surface area contributed by atoms with E-state index in [1.54, 1.807) is 25.3 Å². The zero-order valence-corrected chi connectivity index (χ0v) is 25.3. The molecule has 0 aliphatic carbocycles. The second-order valence-electron chi connectivity index (χ2n) is 11.2. The van der Waals surface area contributed by atoms with Crippen molar-refractivity contribution in [3.05, 3.63) is 48.3 Å². The number of piperazine rings is 1. The van der Waals surface area contributed by atoms with E-state index >= 15 is 0 Å². The Kier molecular flexibility index (Phi) is 9.41. The molecular weight excluding hydrogens is 567 g/mol. The first-order valence-electron chi connectivity index (χ1n) is 14.6. The van der Waals surface area contributed by atoms with Gasteiger partial charge in [-0.15, -0.1) is 0 Å². The number of hydrogen-bond acceptors (Lipinski definition) is 11. The number of nitriles is 1. The van der Waals surface area contributed by atoms with Crippen molar-refractivity contribution in [3.63, 3.8) is 0 Å². The fraction of sp³-hybridized carbons (Fsp3) is 0.452. The lowest BCUT2D eigenvalue weighted by atomic mass is 10.0. The number of likely N-dealkylation sites (N-methyl/N-ethyl adjacent to an activating group) is 1. The van der Waals surface area contributed by atoms with E-state index in [9.17, 15) is 19.6 Å². The highest BCUT2D eigenvalue weighted by Gasteiger charge is 2.34. The molecule has 0 saturated carbocycles. The summed E-state index contributed by atoms with van der Waals surface area (Å²) in [4.78, 5) is 31.1. The van der Waals surface area contributed by atoms with Gasteiger partial charge >= 0.3 is 0 Å². The zero-order chi connectivity index (χ0) is 31.4. The van der Waals surface area contributed by atoms with Crippen LogP contribution in [0.3, 0.4) is 0 Å². The van der Waals surface area contributed by atoms with Gasteiger partial charge in [-0.2, -0.15) is 10.2 Å². The van der Waals surface area contributed by atoms with E-state index in [4.69, 9.17) is 9.47 Å². The molecule has 44 heavy (non-hydrogen) atoms. The van der Waals surface area contributed by atoms with Gasteiger partial charge in [0.25, 0.3) is 5.91 Å². The largest absolute Gasteiger partial charge is 0.495 e. The van der Waals surface area contributed by atoms with Crippen LogP contribution < -0.4 is 19.7 Å². The van der Waals surface area contributed by atoms with Crippen molar-refractivity contribution >= 4 is 23.2 Å². The third-order valence-electron chi connectivity index (χ3n) is 7.94. The lowest BCUT2D eigenvalue weighted by Crippen LogP contribution is -2.51. The number of carbonyl (C=O) groups is 1. The molecule has 13 heteroatoms. The van der Waals surface area contributed by atoms with Crippen molar-refractivity contribution in [1.29, 1.82) is 5.26 Å². The highest BCUT2D eigenvalue weighted by Crippen LogP contribution is 2.34. The molecule has 2 fully saturated rings. The minimum Gasteiger partial charge on any atom is -0.495 e. The zero-order valence-electron chi connectivity index (χ0n) is 25.3. The Hall–Kier alpha value is -4.54. The van der Waals surface area contributed by atoms with Crippen LogP contribution in [0.1, 0.15) is 25.8 Å². The predicted octanol–water partition coefficient (Wildman–Crippen LogP) is 3.00. The molecule has 2 saturated heterocycles. The molecule has 0 spiro atoms. The lowest BCUT2D eigenvalue weighted by Gasteiger charge is -2.40. The van der Waals surface area contributed by atoms with Crippen LogP contribution in [0.15, 0.2) is 42.7 Å². The first kappa shape index (κ1) is 30.9. The van der Waals surface area contributed by atoms with E-state index in [0.29, 0.717) is 23.4 Å². The molecule has 3 heterocycles. The number of nitrogens with one attached hydrogen (secondary N) is 1. The molecule has 0 radical (unpaired) electrons. The molecule has 0 bridgehead atoms. The summed E-state index contributed by atoms with van der Waals surface area (Å²) in [6, 6.07) is 13.2. The molecule has 2 aromatic carbocycles. The Balaban J connectivity index is 1.28. The summed E-state index contributed by atoms with van der Waals surface area (Å²) in [5.74, 6) is 1.11. The maximum Gasteiger partial charge on any atom is 0.251 e. The summed E-state index contributed by atoms with van der Waals surface area (Å²) >= 11 is 0. The highest BCUT2D eigenvalue weighted by atomic mass is 19.1. The topological polar surface area (TPSA) is 140 Å². The van der Waals surface area contributed by atoms with Crippen LogP contribution in [0.25, 0.3) is 11.4 Å². The molecule has 2 N–H and O–H groups in total. The van der Waals surface area contributed by atoms with Crippen molar-refractivity contribution in [2.24, 2.45) is 0 Å². The molecule has 2 aliphatic heterocycles. The number of amides is 1. The van der Waals surface area contributed by atoms with Crippen LogP contribution >= 0.6 is 0 Å². The van der Waals surface area contributed by atoms with E-state index in [0.717, 1.165) is 36.8 Å². The van der Waals surface area contributed by atoms with Gasteiger partial charge in [0.1, 0.15) is 36.1 Å². The van der Waals surface area contributed by atoms with Gasteiger partial charge in [-0.05, 0) is 51.2 Å². The normalized spacial score (nSPS) is 21.3. The first-order chi connectivity index (χ1) is 21.2. The molecular formula is C31H37FN8O4. The number of ether oxygens (including phenoxy) is 2. The maximum atomic E-state index is 14.9. The molecule has 1 amide bonds. The maximum absolute atomic E-state index is 14.9. The third-order valence-corrected chi connectivity index (χ3v) is 7.94. The van der Waals surface area contributed by atoms with Crippen molar-refractivity contribution in [3.8, 4) is 29.0 Å². The molecule has 3 aromatic rings. The van der Waals surface area contributed by atoms with Crippen LogP contribution in [-0.4, -0.2) is 107 Å². The van der Waals surface area contributed by atoms with Gasteiger partial charge in [-0.1, -0.05) is 0 Å². The number of aliphatic hydroxyl groups is 1. The number of aliphatic hydroxyl groups excluding tert-OH is 1. The number of aromatic nitrogens is 3. The lowest BCUT2D eigenvalue weighted by molar-refractivity contribution is -0.143. The SMILES string of the molecule is COc1cc(Nc2ncnc(-c3ccc(O[C@H]4CCN(C(=O)C(C)O)C[C@H]4F)c(C#N)c3)n2)ccc1N1CCN(C)CC1C. The number of piperidine rings is 1. The van der Waals surface area contributed by atoms with Crippen LogP contribution in [-0.2, 0) is 4.79 Å². The second-order valence-corrected chi connectivity index (χ2v) is 11.2. The Morgan fingerprint density at radius 2 is 1.98 bits per heavy atom. The Morgan fingerprint density at radius 3 is 2.68 bits per heavy atom. The fourth-order valence-electron chi connectivity index (χ4n) is 5.62. The van der Waals surface area contributed by atoms with Gasteiger partial charge in [0.15, 0.2) is 12.0 Å². The number of anilines is 3. The van der Waals surface area contributed by atoms with Crippen LogP contribution in [0.2, 0.25) is 0 Å². The van der Waals surface area contributed by atoms with Gasteiger partial charge in [0, 0.05) is 56.0 Å². The number of likely N-dealkylation sites (tertiary alicyclic amines) is 1. The molecule has 2 aliphatic rings. The monoisotopic (exact) mass is 604 g/mol. The first-order valence-corrected chi connectivity index (χ1v) is 14.6. The molecule has 2 unspecified atom stereocenters. The van der Waals surface area contributed by atoms with Gasteiger partial charge in [0.05, 0.1) is 24.9 Å². The quantitative estimate of drug-likeness (QED) is 0.392. The van der Waals surface area contributed by atoms with E-state index < -0.39 is 24.3 Å². The Bertz CT molecular complexity index is 1530. The number of carbonyl (C=O) groups excluding carboxylic acids is 1. The average molecular weight is 605 g/mol. The number of methoxy groups -OCH3 is 1. The Morgan fingerprint density at radius 1 is 1.16 bits per heavy atom. The predicted molar refractivity (Wildman–Crippen MR) is 163 cm³/mol. The standard InChI is InChI=1S/C31H37FN8O4/c1-19-16-38(3)11-12-40(19)25-7-6-23(14-28(25)43-4)36-31-35-18-34-29(37-31)21-5-8-26(22(13-21)15-33)44-27-9-10-39(17-24(27)32)30(42)20(2)41/h5-8,13-14,18-20,24,27,41H,9-12,16-17H2,1-4H3,(H,34,35,36,37)/t19?,20?,24-,27+/m1/s1. The van der Waals surface area contributed by atoms with Gasteiger partial charge in [-0.25, -0.2) is 14.4 Å². The molecule has 12 nitrogen and oxygen atoms in total. The van der Waals surface area contributed by atoms with Gasteiger partial charge < -0.3 is 34.6 Å². The number of benzene rings is 2. The second kappa shape index (κ2) is 13.4. The number of rotatable bonds is 8. The molecule has 4 atom stereocenters. The molecule has 232 valence electrons. The van der Waals surface area contributed by atoms with Crippen molar-refractivity contribution in [2.75, 3.05) is 57.1 Å². The summed E-state index contributed by atoms with van der Waals surface area (Å²) in [6.07, 6.45) is -1.87. The Labute approximate surface area is 256 Å². The fourth-order valence-corrected chi connectivity index (χ4v) is 5.62. The smallest absolute Gasteiger partial charge is 0.251 e. The summed E-state index contributed by atoms with van der Waals surface area (Å²) < 4.78 is 26.5. The van der Waals surface area contributed by atoms with Crippen molar-refractivity contribution < 1.29 is 23.8 Å². The van der Waals surface area contributed by atoms with Gasteiger partial charge in [-0.3, -0.25) is 4.79 Å².